The lowest BCUT2D eigenvalue weighted by Crippen LogP contribution is -2.18. The maximum Gasteiger partial charge on any atom is 0.133 e. The predicted octanol–water partition coefficient (Wildman–Crippen LogP) is 3.23. The maximum absolute atomic E-state index is 9.20. The molecule has 94 valence electrons. The second-order valence-corrected chi connectivity index (χ2v) is 4.79. The van der Waals surface area contributed by atoms with Gasteiger partial charge in [0, 0.05) is 0 Å². The number of hydrogen-bond donors (Lipinski definition) is 2. The van der Waals surface area contributed by atoms with E-state index in [2.05, 4.69) is 15.9 Å². The molecule has 1 atom stereocenters. The summed E-state index contributed by atoms with van der Waals surface area (Å²) in [6.45, 7) is 0.382. The van der Waals surface area contributed by atoms with E-state index in [1.165, 1.54) is 0 Å². The van der Waals surface area contributed by atoms with E-state index in [1.54, 1.807) is 24.3 Å². The molecule has 3 N–H and O–H groups in total. The van der Waals surface area contributed by atoms with Crippen molar-refractivity contribution in [3.05, 3.63) is 58.6 Å². The molecule has 0 amide bonds. The van der Waals surface area contributed by atoms with Gasteiger partial charge >= 0.3 is 0 Å². The summed E-state index contributed by atoms with van der Waals surface area (Å²) in [5, 5.41) is 9.20. The van der Waals surface area contributed by atoms with Crippen molar-refractivity contribution in [1.29, 1.82) is 0 Å². The van der Waals surface area contributed by atoms with Crippen molar-refractivity contribution in [2.24, 2.45) is 5.73 Å². The molecule has 0 aromatic heterocycles. The van der Waals surface area contributed by atoms with Gasteiger partial charge in [0.1, 0.15) is 18.1 Å². The lowest BCUT2D eigenvalue weighted by molar-refractivity contribution is 0.289. The minimum absolute atomic E-state index is 0.224. The third kappa shape index (κ3) is 3.24. The van der Waals surface area contributed by atoms with E-state index < -0.39 is 0 Å². The molecule has 0 saturated heterocycles. The molecule has 2 aromatic rings. The second kappa shape index (κ2) is 5.89. The first-order valence-corrected chi connectivity index (χ1v) is 6.38. The molecule has 0 heterocycles. The van der Waals surface area contributed by atoms with Crippen molar-refractivity contribution in [2.75, 3.05) is 6.61 Å². The Hall–Kier alpha value is -1.52. The van der Waals surface area contributed by atoms with E-state index in [4.69, 9.17) is 10.5 Å². The molecule has 1 unspecified atom stereocenters. The number of hydrogen-bond acceptors (Lipinski definition) is 3. The Bertz CT molecular complexity index is 513. The highest BCUT2D eigenvalue weighted by Crippen LogP contribution is 2.25. The smallest absolute Gasteiger partial charge is 0.133 e. The van der Waals surface area contributed by atoms with Gasteiger partial charge in [-0.05, 0) is 45.8 Å². The van der Waals surface area contributed by atoms with Gasteiger partial charge in [0.25, 0.3) is 0 Å². The van der Waals surface area contributed by atoms with Gasteiger partial charge in [-0.15, -0.1) is 0 Å². The fraction of sp³-hybridized carbons (Fsp3) is 0.143. The van der Waals surface area contributed by atoms with Crippen molar-refractivity contribution in [2.45, 2.75) is 6.04 Å². The summed E-state index contributed by atoms with van der Waals surface area (Å²) in [7, 11) is 0. The number of ether oxygens (including phenoxy) is 1. The molecule has 2 rings (SSSR count). The zero-order valence-electron chi connectivity index (χ0n) is 9.71. The number of benzene rings is 2. The molecular weight excluding hydrogens is 294 g/mol. The molecule has 4 heteroatoms. The van der Waals surface area contributed by atoms with Crippen LogP contribution in [0.25, 0.3) is 0 Å². The molecule has 18 heavy (non-hydrogen) atoms. The molecule has 0 fully saturated rings. The van der Waals surface area contributed by atoms with Crippen LogP contribution in [0, 0.1) is 0 Å². The molecular formula is C14H14BrNO2. The highest BCUT2D eigenvalue weighted by Gasteiger charge is 2.08. The van der Waals surface area contributed by atoms with E-state index in [0.717, 1.165) is 15.8 Å². The van der Waals surface area contributed by atoms with Gasteiger partial charge in [0.05, 0.1) is 10.5 Å². The third-order valence-corrected chi connectivity index (χ3v) is 3.23. The zero-order valence-corrected chi connectivity index (χ0v) is 11.3. The first kappa shape index (κ1) is 12.9. The van der Waals surface area contributed by atoms with Crippen LogP contribution in [-0.4, -0.2) is 11.7 Å². The highest BCUT2D eigenvalue weighted by molar-refractivity contribution is 9.10. The van der Waals surface area contributed by atoms with Crippen LogP contribution < -0.4 is 10.5 Å². The summed E-state index contributed by atoms with van der Waals surface area (Å²) in [5.74, 6) is 1.00. The SMILES string of the molecule is NC(COc1ccccc1Br)c1ccc(O)cc1. The quantitative estimate of drug-likeness (QED) is 0.912. The topological polar surface area (TPSA) is 55.5 Å². The van der Waals surface area contributed by atoms with Gasteiger partial charge in [-0.2, -0.15) is 0 Å². The molecule has 3 nitrogen and oxygen atoms in total. The molecule has 0 aliphatic heterocycles. The molecule has 0 aliphatic carbocycles. The van der Waals surface area contributed by atoms with Crippen LogP contribution >= 0.6 is 15.9 Å². The molecule has 0 bridgehead atoms. The number of nitrogens with two attached hydrogens (primary N) is 1. The Kier molecular flexibility index (Phi) is 4.23. The number of rotatable bonds is 4. The van der Waals surface area contributed by atoms with E-state index in [-0.39, 0.29) is 11.8 Å². The van der Waals surface area contributed by atoms with Crippen LogP contribution in [0.1, 0.15) is 11.6 Å². The van der Waals surface area contributed by atoms with Crippen molar-refractivity contribution < 1.29 is 9.84 Å². The van der Waals surface area contributed by atoms with E-state index >= 15 is 0 Å². The lowest BCUT2D eigenvalue weighted by atomic mass is 10.1. The number of para-hydroxylation sites is 1. The van der Waals surface area contributed by atoms with Gasteiger partial charge in [0.2, 0.25) is 0 Å². The van der Waals surface area contributed by atoms with Gasteiger partial charge in [-0.1, -0.05) is 24.3 Å². The third-order valence-electron chi connectivity index (χ3n) is 2.58. The first-order chi connectivity index (χ1) is 8.66. The van der Waals surface area contributed by atoms with Gasteiger partial charge < -0.3 is 15.6 Å². The fourth-order valence-corrected chi connectivity index (χ4v) is 1.96. The highest BCUT2D eigenvalue weighted by atomic mass is 79.9. The minimum atomic E-state index is -0.224. The van der Waals surface area contributed by atoms with Gasteiger partial charge in [-0.3, -0.25) is 0 Å². The van der Waals surface area contributed by atoms with Gasteiger partial charge in [-0.25, -0.2) is 0 Å². The monoisotopic (exact) mass is 307 g/mol. The van der Waals surface area contributed by atoms with Crippen LogP contribution in [0.2, 0.25) is 0 Å². The normalized spacial score (nSPS) is 12.1. The predicted molar refractivity (Wildman–Crippen MR) is 74.7 cm³/mol. The van der Waals surface area contributed by atoms with E-state index in [0.29, 0.717) is 6.61 Å². The molecule has 2 aromatic carbocycles. The van der Waals surface area contributed by atoms with Crippen LogP contribution in [0.5, 0.6) is 11.5 Å². The molecule has 0 aliphatic rings. The average Bonchev–Trinajstić information content (AvgIpc) is 2.38. The Balaban J connectivity index is 1.98. The molecule has 0 spiro atoms. The van der Waals surface area contributed by atoms with Gasteiger partial charge in [0.15, 0.2) is 0 Å². The van der Waals surface area contributed by atoms with Crippen LogP contribution in [0.3, 0.4) is 0 Å². The summed E-state index contributed by atoms with van der Waals surface area (Å²) in [6.07, 6.45) is 0. The Morgan fingerprint density at radius 3 is 2.44 bits per heavy atom. The summed E-state index contributed by atoms with van der Waals surface area (Å²) >= 11 is 3.41. The summed E-state index contributed by atoms with van der Waals surface area (Å²) in [6, 6.07) is 14.2. The lowest BCUT2D eigenvalue weighted by Gasteiger charge is -2.14. The van der Waals surface area contributed by atoms with Crippen LogP contribution in [-0.2, 0) is 0 Å². The van der Waals surface area contributed by atoms with Crippen LogP contribution in [0.15, 0.2) is 53.0 Å². The average molecular weight is 308 g/mol. The first-order valence-electron chi connectivity index (χ1n) is 5.58. The minimum Gasteiger partial charge on any atom is -0.508 e. The number of phenols is 1. The largest absolute Gasteiger partial charge is 0.508 e. The fourth-order valence-electron chi connectivity index (χ4n) is 1.56. The van der Waals surface area contributed by atoms with Crippen molar-refractivity contribution >= 4 is 15.9 Å². The summed E-state index contributed by atoms with van der Waals surface area (Å²) in [4.78, 5) is 0. The van der Waals surface area contributed by atoms with Crippen molar-refractivity contribution in [3.8, 4) is 11.5 Å². The summed E-state index contributed by atoms with van der Waals surface area (Å²) < 4.78 is 6.55. The number of halogens is 1. The Morgan fingerprint density at radius 2 is 1.78 bits per heavy atom. The number of phenolic OH excluding ortho intramolecular Hbond substituents is 1. The van der Waals surface area contributed by atoms with Crippen LogP contribution in [0.4, 0.5) is 0 Å². The van der Waals surface area contributed by atoms with Crippen molar-refractivity contribution in [3.63, 3.8) is 0 Å². The van der Waals surface area contributed by atoms with Crippen molar-refractivity contribution in [1.82, 2.24) is 0 Å². The Morgan fingerprint density at radius 1 is 1.11 bits per heavy atom. The Labute approximate surface area is 114 Å². The standard InChI is InChI=1S/C14H14BrNO2/c15-12-3-1-2-4-14(12)18-9-13(16)10-5-7-11(17)8-6-10/h1-8,13,17H,9,16H2. The molecule has 0 radical (unpaired) electrons. The number of aromatic hydroxyl groups is 1. The maximum atomic E-state index is 9.20. The zero-order chi connectivity index (χ0) is 13.0. The molecule has 0 saturated carbocycles. The van der Waals surface area contributed by atoms with E-state index in [1.807, 2.05) is 24.3 Å². The van der Waals surface area contributed by atoms with E-state index in [9.17, 15) is 5.11 Å². The summed E-state index contributed by atoms with van der Waals surface area (Å²) in [5.41, 5.74) is 6.95. The second-order valence-electron chi connectivity index (χ2n) is 3.94.